The number of aromatic hydroxyl groups is 1. The highest BCUT2D eigenvalue weighted by Crippen LogP contribution is 2.35. The van der Waals surface area contributed by atoms with Crippen molar-refractivity contribution in [1.29, 1.82) is 0 Å². The van der Waals surface area contributed by atoms with Crippen LogP contribution in [0.5, 0.6) is 6.01 Å². The fraction of sp³-hybridized carbons (Fsp3) is 0.391. The van der Waals surface area contributed by atoms with Crippen LogP contribution < -0.4 is 0 Å². The average molecular weight is 439 g/mol. The van der Waals surface area contributed by atoms with E-state index in [9.17, 15) is 14.3 Å². The number of benzene rings is 1. The lowest BCUT2D eigenvalue weighted by Gasteiger charge is -2.34. The van der Waals surface area contributed by atoms with E-state index in [1.807, 2.05) is 25.3 Å². The van der Waals surface area contributed by atoms with E-state index in [1.54, 1.807) is 29.4 Å². The summed E-state index contributed by atoms with van der Waals surface area (Å²) in [4.78, 5) is 26.7. The van der Waals surface area contributed by atoms with E-state index in [0.717, 1.165) is 5.56 Å². The number of carbonyl (C=O) groups excluding carboxylic acids is 1. The van der Waals surface area contributed by atoms with E-state index in [1.165, 1.54) is 18.3 Å². The van der Waals surface area contributed by atoms with Gasteiger partial charge in [0.1, 0.15) is 11.4 Å². The van der Waals surface area contributed by atoms with Gasteiger partial charge in [-0.15, -0.1) is 0 Å². The first-order valence-corrected chi connectivity index (χ1v) is 10.5. The zero-order chi connectivity index (χ0) is 22.9. The minimum Gasteiger partial charge on any atom is -0.479 e. The van der Waals surface area contributed by atoms with Gasteiger partial charge in [-0.05, 0) is 63.9 Å². The van der Waals surface area contributed by atoms with Crippen molar-refractivity contribution >= 4 is 6.09 Å². The summed E-state index contributed by atoms with van der Waals surface area (Å²) in [6.07, 6.45) is 4.33. The Labute approximate surface area is 185 Å². The second kappa shape index (κ2) is 8.57. The molecular formula is C23H26FN5O3. The first-order valence-electron chi connectivity index (χ1n) is 10.5. The number of nitrogens with zero attached hydrogens (tertiary/aromatic N) is 5. The van der Waals surface area contributed by atoms with Crippen molar-refractivity contribution in [2.45, 2.75) is 45.3 Å². The second-order valence-corrected chi connectivity index (χ2v) is 8.80. The quantitative estimate of drug-likeness (QED) is 0.649. The third-order valence-electron chi connectivity index (χ3n) is 5.31. The van der Waals surface area contributed by atoms with E-state index in [2.05, 4.69) is 15.0 Å². The van der Waals surface area contributed by atoms with E-state index in [4.69, 9.17) is 4.74 Å². The van der Waals surface area contributed by atoms with Gasteiger partial charge in [0.05, 0.1) is 23.4 Å². The van der Waals surface area contributed by atoms with E-state index >= 15 is 0 Å². The van der Waals surface area contributed by atoms with Gasteiger partial charge >= 0.3 is 12.1 Å². The maximum absolute atomic E-state index is 13.5. The number of rotatable bonds is 3. The van der Waals surface area contributed by atoms with Crippen molar-refractivity contribution in [2.75, 3.05) is 13.1 Å². The van der Waals surface area contributed by atoms with Crippen molar-refractivity contribution in [3.8, 4) is 28.7 Å². The summed E-state index contributed by atoms with van der Waals surface area (Å²) < 4.78 is 21.0. The fourth-order valence-corrected chi connectivity index (χ4v) is 3.84. The van der Waals surface area contributed by atoms with E-state index < -0.39 is 5.60 Å². The van der Waals surface area contributed by atoms with Crippen LogP contribution in [0.15, 0.2) is 42.9 Å². The van der Waals surface area contributed by atoms with Gasteiger partial charge in [0, 0.05) is 30.9 Å². The average Bonchev–Trinajstić information content (AvgIpc) is 3.18. The van der Waals surface area contributed by atoms with Gasteiger partial charge in [-0.25, -0.2) is 19.2 Å². The van der Waals surface area contributed by atoms with Crippen LogP contribution >= 0.6 is 0 Å². The molecule has 0 bridgehead atoms. The van der Waals surface area contributed by atoms with Gasteiger partial charge in [0.25, 0.3) is 0 Å². The number of ether oxygens (including phenoxy) is 1. The van der Waals surface area contributed by atoms with Gasteiger partial charge < -0.3 is 19.3 Å². The van der Waals surface area contributed by atoms with Gasteiger partial charge in [0.2, 0.25) is 0 Å². The van der Waals surface area contributed by atoms with Crippen molar-refractivity contribution in [1.82, 2.24) is 24.4 Å². The maximum atomic E-state index is 13.5. The molecule has 168 valence electrons. The van der Waals surface area contributed by atoms with Crippen LogP contribution in [-0.4, -0.2) is 54.3 Å². The Balaban J connectivity index is 1.64. The molecule has 1 aliphatic rings. The highest BCUT2D eigenvalue weighted by atomic mass is 19.1. The lowest BCUT2D eigenvalue weighted by atomic mass is 10.0. The number of hydrogen-bond donors (Lipinski definition) is 1. The number of hydrogen-bond acceptors (Lipinski definition) is 6. The molecule has 1 N–H and O–H groups in total. The van der Waals surface area contributed by atoms with Crippen molar-refractivity contribution in [2.24, 2.45) is 0 Å². The van der Waals surface area contributed by atoms with Crippen molar-refractivity contribution in [3.63, 3.8) is 0 Å². The Hall–Kier alpha value is -3.49. The molecule has 1 aliphatic heterocycles. The Bertz CT molecular complexity index is 1100. The zero-order valence-electron chi connectivity index (χ0n) is 18.3. The predicted molar refractivity (Wildman–Crippen MR) is 116 cm³/mol. The monoisotopic (exact) mass is 439 g/mol. The predicted octanol–water partition coefficient (Wildman–Crippen LogP) is 4.42. The van der Waals surface area contributed by atoms with Crippen LogP contribution in [0.2, 0.25) is 0 Å². The Morgan fingerprint density at radius 1 is 1.12 bits per heavy atom. The van der Waals surface area contributed by atoms with Gasteiger partial charge in [0.15, 0.2) is 0 Å². The highest BCUT2D eigenvalue weighted by Gasteiger charge is 2.29. The molecule has 0 spiro atoms. The smallest absolute Gasteiger partial charge is 0.410 e. The van der Waals surface area contributed by atoms with E-state index in [0.29, 0.717) is 43.0 Å². The molecule has 1 aromatic carbocycles. The topological polar surface area (TPSA) is 93.4 Å². The first kappa shape index (κ1) is 21.7. The molecule has 1 fully saturated rings. The largest absolute Gasteiger partial charge is 0.479 e. The van der Waals surface area contributed by atoms with E-state index in [-0.39, 0.29) is 24.0 Å². The summed E-state index contributed by atoms with van der Waals surface area (Å²) in [5.74, 6) is -0.330. The molecule has 2 aromatic heterocycles. The zero-order valence-corrected chi connectivity index (χ0v) is 18.3. The number of aromatic nitrogens is 4. The lowest BCUT2D eigenvalue weighted by molar-refractivity contribution is 0.0189. The molecule has 1 amide bonds. The van der Waals surface area contributed by atoms with Gasteiger partial charge in [-0.3, -0.25) is 0 Å². The van der Waals surface area contributed by atoms with Crippen molar-refractivity contribution in [3.05, 3.63) is 48.7 Å². The summed E-state index contributed by atoms with van der Waals surface area (Å²) in [6, 6.07) is 7.54. The lowest BCUT2D eigenvalue weighted by Crippen LogP contribution is -2.42. The molecule has 0 saturated carbocycles. The minimum absolute atomic E-state index is 0.0718. The number of amides is 1. The number of piperidine rings is 1. The molecule has 0 radical (unpaired) electrons. The molecule has 4 rings (SSSR count). The third-order valence-corrected chi connectivity index (χ3v) is 5.31. The van der Waals surface area contributed by atoms with Crippen LogP contribution in [0.4, 0.5) is 9.18 Å². The van der Waals surface area contributed by atoms with Crippen molar-refractivity contribution < 1.29 is 19.0 Å². The summed E-state index contributed by atoms with van der Waals surface area (Å²) >= 11 is 0. The number of imidazole rings is 1. The summed E-state index contributed by atoms with van der Waals surface area (Å²) in [6.45, 7) is 6.66. The number of likely N-dealkylation sites (tertiary alicyclic amines) is 1. The molecule has 0 atom stereocenters. The molecule has 32 heavy (non-hydrogen) atoms. The molecule has 3 heterocycles. The summed E-state index contributed by atoms with van der Waals surface area (Å²) in [5.41, 5.74) is 2.07. The van der Waals surface area contributed by atoms with Crippen LogP contribution in [-0.2, 0) is 4.74 Å². The maximum Gasteiger partial charge on any atom is 0.410 e. The van der Waals surface area contributed by atoms with Gasteiger partial charge in [-0.2, -0.15) is 4.98 Å². The normalized spacial score (nSPS) is 15.1. The second-order valence-electron chi connectivity index (χ2n) is 8.80. The molecular weight excluding hydrogens is 413 g/mol. The number of carbonyl (C=O) groups is 1. The first-order chi connectivity index (χ1) is 15.2. The number of halogens is 1. The van der Waals surface area contributed by atoms with Crippen LogP contribution in [0.1, 0.15) is 39.7 Å². The minimum atomic E-state index is -0.537. The molecule has 0 aliphatic carbocycles. The molecule has 8 nitrogen and oxygen atoms in total. The third kappa shape index (κ3) is 4.71. The van der Waals surface area contributed by atoms with Crippen LogP contribution in [0.3, 0.4) is 0 Å². The standard InChI is InChI=1S/C23H26FN5O3/c1-23(2,3)32-22(31)28-12-9-17(10-13-28)29-14-26-19(15-4-6-16(24)7-5-15)20(29)18-8-11-25-21(30)27-18/h4-8,11,14,17H,9-10,12-13H2,1-3H3,(H,25,27,30). The fourth-order valence-electron chi connectivity index (χ4n) is 3.84. The Kier molecular flexibility index (Phi) is 5.82. The van der Waals surface area contributed by atoms with Gasteiger partial charge in [-0.1, -0.05) is 0 Å². The molecule has 9 heteroatoms. The Morgan fingerprint density at radius 2 is 1.81 bits per heavy atom. The SMILES string of the molecule is CC(C)(C)OC(=O)N1CCC(n2cnc(-c3ccc(F)cc3)c2-c2ccnc(O)n2)CC1. The summed E-state index contributed by atoms with van der Waals surface area (Å²) in [5, 5.41) is 9.84. The van der Waals surface area contributed by atoms with Crippen LogP contribution in [0, 0.1) is 5.82 Å². The molecule has 1 saturated heterocycles. The van der Waals surface area contributed by atoms with Crippen LogP contribution in [0.25, 0.3) is 22.6 Å². The highest BCUT2D eigenvalue weighted by molar-refractivity contribution is 5.77. The molecule has 3 aromatic rings. The Morgan fingerprint density at radius 3 is 2.44 bits per heavy atom. The molecule has 0 unspecified atom stereocenters. The summed E-state index contributed by atoms with van der Waals surface area (Å²) in [7, 11) is 0.